The van der Waals surface area contributed by atoms with E-state index in [1.807, 2.05) is 25.3 Å². The first-order valence-electron chi connectivity index (χ1n) is 6.64. The number of benzene rings is 1. The van der Waals surface area contributed by atoms with Crippen molar-refractivity contribution in [2.45, 2.75) is 19.8 Å². The van der Waals surface area contributed by atoms with E-state index in [1.165, 1.54) is 10.9 Å². The summed E-state index contributed by atoms with van der Waals surface area (Å²) in [6.45, 7) is 3.56. The van der Waals surface area contributed by atoms with E-state index in [9.17, 15) is 4.79 Å². The molecule has 1 aromatic heterocycles. The lowest BCUT2D eigenvalue weighted by Crippen LogP contribution is -2.24. The van der Waals surface area contributed by atoms with E-state index in [0.717, 1.165) is 25.0 Å². The van der Waals surface area contributed by atoms with Crippen molar-refractivity contribution in [3.8, 4) is 0 Å². The molecule has 4 heteroatoms. The summed E-state index contributed by atoms with van der Waals surface area (Å²) < 4.78 is 0. The van der Waals surface area contributed by atoms with E-state index in [2.05, 4.69) is 22.4 Å². The second kappa shape index (κ2) is 6.38. The first-order valence-corrected chi connectivity index (χ1v) is 6.64. The lowest BCUT2D eigenvalue weighted by molar-refractivity contribution is -0.137. The number of carboxylic acid groups (broad SMARTS) is 1. The van der Waals surface area contributed by atoms with Gasteiger partial charge in [0.25, 0.3) is 0 Å². The van der Waals surface area contributed by atoms with Crippen LogP contribution in [-0.2, 0) is 11.2 Å². The Labute approximate surface area is 112 Å². The summed E-state index contributed by atoms with van der Waals surface area (Å²) in [6, 6.07) is 8.26. The topological polar surface area (TPSA) is 65.1 Å². The van der Waals surface area contributed by atoms with Crippen LogP contribution in [0.25, 0.3) is 10.9 Å². The summed E-state index contributed by atoms with van der Waals surface area (Å²) in [4.78, 5) is 13.8. The van der Waals surface area contributed by atoms with Gasteiger partial charge in [-0.2, -0.15) is 0 Å². The zero-order chi connectivity index (χ0) is 13.7. The molecule has 1 atom stereocenters. The maximum atomic E-state index is 10.5. The van der Waals surface area contributed by atoms with E-state index in [-0.39, 0.29) is 12.3 Å². The molecule has 1 aromatic carbocycles. The van der Waals surface area contributed by atoms with E-state index in [4.69, 9.17) is 5.11 Å². The molecule has 1 unspecified atom stereocenters. The first kappa shape index (κ1) is 13.6. The van der Waals surface area contributed by atoms with Gasteiger partial charge in [-0.3, -0.25) is 4.79 Å². The lowest BCUT2D eigenvalue weighted by atomic mass is 10.1. The number of hydrogen-bond acceptors (Lipinski definition) is 2. The van der Waals surface area contributed by atoms with Crippen molar-refractivity contribution in [3.63, 3.8) is 0 Å². The standard InChI is InChI=1S/C15H20N2O2/c1-11(8-15(18)19)9-16-7-6-12-10-17-14-5-3-2-4-13(12)14/h2-5,10-11,16-17H,6-9H2,1H3,(H,18,19). The molecular weight excluding hydrogens is 240 g/mol. The van der Waals surface area contributed by atoms with Gasteiger partial charge in [-0.1, -0.05) is 25.1 Å². The highest BCUT2D eigenvalue weighted by molar-refractivity contribution is 5.83. The number of aromatic nitrogens is 1. The van der Waals surface area contributed by atoms with Gasteiger partial charge in [0, 0.05) is 23.5 Å². The molecule has 0 bridgehead atoms. The Bertz CT molecular complexity index is 548. The molecular formula is C15H20N2O2. The van der Waals surface area contributed by atoms with Crippen LogP contribution in [0.5, 0.6) is 0 Å². The third-order valence-corrected chi connectivity index (χ3v) is 3.26. The number of rotatable bonds is 7. The Balaban J connectivity index is 1.78. The van der Waals surface area contributed by atoms with Gasteiger partial charge in [0.2, 0.25) is 0 Å². The van der Waals surface area contributed by atoms with E-state index < -0.39 is 5.97 Å². The molecule has 4 nitrogen and oxygen atoms in total. The fourth-order valence-electron chi connectivity index (χ4n) is 2.28. The quantitative estimate of drug-likeness (QED) is 0.670. The van der Waals surface area contributed by atoms with Crippen LogP contribution in [0.3, 0.4) is 0 Å². The maximum absolute atomic E-state index is 10.5. The molecule has 0 fully saturated rings. The fraction of sp³-hybridized carbons (Fsp3) is 0.400. The minimum absolute atomic E-state index is 0.167. The van der Waals surface area contributed by atoms with Crippen LogP contribution in [0, 0.1) is 5.92 Å². The highest BCUT2D eigenvalue weighted by atomic mass is 16.4. The molecule has 2 rings (SSSR count). The van der Waals surface area contributed by atoms with Gasteiger partial charge in [0.05, 0.1) is 0 Å². The minimum Gasteiger partial charge on any atom is -0.481 e. The largest absolute Gasteiger partial charge is 0.481 e. The molecule has 0 amide bonds. The van der Waals surface area contributed by atoms with Gasteiger partial charge in [0.1, 0.15) is 0 Å². The maximum Gasteiger partial charge on any atom is 0.303 e. The number of aromatic amines is 1. The molecule has 1 heterocycles. The summed E-state index contributed by atoms with van der Waals surface area (Å²) >= 11 is 0. The second-order valence-corrected chi connectivity index (χ2v) is 5.02. The summed E-state index contributed by atoms with van der Waals surface area (Å²) in [6.07, 6.45) is 3.22. The SMILES string of the molecule is CC(CNCCc1c[nH]c2ccccc12)CC(=O)O. The molecule has 3 N–H and O–H groups in total. The zero-order valence-electron chi connectivity index (χ0n) is 11.1. The van der Waals surface area contributed by atoms with Gasteiger partial charge in [0.15, 0.2) is 0 Å². The number of hydrogen-bond donors (Lipinski definition) is 3. The van der Waals surface area contributed by atoms with Crippen LogP contribution < -0.4 is 5.32 Å². The molecule has 0 saturated carbocycles. The fourth-order valence-corrected chi connectivity index (χ4v) is 2.28. The van der Waals surface area contributed by atoms with Crippen LogP contribution in [0.2, 0.25) is 0 Å². The third-order valence-electron chi connectivity index (χ3n) is 3.26. The van der Waals surface area contributed by atoms with Crippen LogP contribution in [-0.4, -0.2) is 29.1 Å². The van der Waals surface area contributed by atoms with Crippen LogP contribution in [0.15, 0.2) is 30.5 Å². The zero-order valence-corrected chi connectivity index (χ0v) is 11.1. The van der Waals surface area contributed by atoms with E-state index >= 15 is 0 Å². The molecule has 2 aromatic rings. The first-order chi connectivity index (χ1) is 9.16. The summed E-state index contributed by atoms with van der Waals surface area (Å²) in [7, 11) is 0. The average molecular weight is 260 g/mol. The van der Waals surface area contributed by atoms with E-state index in [0.29, 0.717) is 0 Å². The Morgan fingerprint density at radius 2 is 2.21 bits per heavy atom. The van der Waals surface area contributed by atoms with Crippen molar-refractivity contribution in [1.29, 1.82) is 0 Å². The molecule has 0 aliphatic heterocycles. The van der Waals surface area contributed by atoms with Crippen LogP contribution >= 0.6 is 0 Å². The van der Waals surface area contributed by atoms with E-state index in [1.54, 1.807) is 0 Å². The predicted octanol–water partition coefficient (Wildman–Crippen LogP) is 2.41. The molecule has 102 valence electrons. The molecule has 19 heavy (non-hydrogen) atoms. The number of para-hydroxylation sites is 1. The molecule has 0 spiro atoms. The van der Waals surface area contributed by atoms with Crippen LogP contribution in [0.4, 0.5) is 0 Å². The van der Waals surface area contributed by atoms with Gasteiger partial charge in [-0.15, -0.1) is 0 Å². The smallest absolute Gasteiger partial charge is 0.303 e. The number of nitrogens with one attached hydrogen (secondary N) is 2. The monoisotopic (exact) mass is 260 g/mol. The molecule has 0 aliphatic carbocycles. The van der Waals surface area contributed by atoms with Crippen LogP contribution in [0.1, 0.15) is 18.9 Å². The predicted molar refractivity (Wildman–Crippen MR) is 76.3 cm³/mol. The molecule has 0 aliphatic rings. The Morgan fingerprint density at radius 1 is 1.42 bits per heavy atom. The van der Waals surface area contributed by atoms with Crippen molar-refractivity contribution in [1.82, 2.24) is 10.3 Å². The third kappa shape index (κ3) is 3.83. The highest BCUT2D eigenvalue weighted by Crippen LogP contribution is 2.17. The average Bonchev–Trinajstić information content (AvgIpc) is 2.77. The molecule has 0 saturated heterocycles. The van der Waals surface area contributed by atoms with Crippen molar-refractivity contribution >= 4 is 16.9 Å². The van der Waals surface area contributed by atoms with Crippen molar-refractivity contribution in [3.05, 3.63) is 36.0 Å². The highest BCUT2D eigenvalue weighted by Gasteiger charge is 2.07. The number of fused-ring (bicyclic) bond motifs is 1. The Hall–Kier alpha value is -1.81. The van der Waals surface area contributed by atoms with Gasteiger partial charge >= 0.3 is 5.97 Å². The van der Waals surface area contributed by atoms with Crippen molar-refractivity contribution in [2.24, 2.45) is 5.92 Å². The Morgan fingerprint density at radius 3 is 3.00 bits per heavy atom. The summed E-state index contributed by atoms with van der Waals surface area (Å²) in [5, 5.41) is 13.3. The van der Waals surface area contributed by atoms with Gasteiger partial charge in [-0.05, 0) is 37.1 Å². The van der Waals surface area contributed by atoms with Gasteiger partial charge < -0.3 is 15.4 Å². The molecule has 0 radical (unpaired) electrons. The lowest BCUT2D eigenvalue weighted by Gasteiger charge is -2.09. The summed E-state index contributed by atoms with van der Waals surface area (Å²) in [5.74, 6) is -0.564. The number of H-pyrrole nitrogens is 1. The Kier molecular flexibility index (Phi) is 4.58. The number of carbonyl (C=O) groups is 1. The summed E-state index contributed by atoms with van der Waals surface area (Å²) in [5.41, 5.74) is 2.46. The second-order valence-electron chi connectivity index (χ2n) is 5.02. The number of aliphatic carboxylic acids is 1. The minimum atomic E-state index is -0.731. The van der Waals surface area contributed by atoms with Gasteiger partial charge in [-0.25, -0.2) is 0 Å². The van der Waals surface area contributed by atoms with Crippen molar-refractivity contribution < 1.29 is 9.90 Å². The van der Waals surface area contributed by atoms with Crippen molar-refractivity contribution in [2.75, 3.05) is 13.1 Å². The number of carboxylic acids is 1. The normalized spacial score (nSPS) is 12.7.